The van der Waals surface area contributed by atoms with Gasteiger partial charge in [0.05, 0.1) is 11.3 Å². The summed E-state index contributed by atoms with van der Waals surface area (Å²) in [6.45, 7) is 0.663. The van der Waals surface area contributed by atoms with Gasteiger partial charge in [-0.05, 0) is 17.7 Å². The van der Waals surface area contributed by atoms with E-state index in [4.69, 9.17) is 0 Å². The zero-order chi connectivity index (χ0) is 18.4. The van der Waals surface area contributed by atoms with Crippen LogP contribution in [0.2, 0.25) is 0 Å². The number of H-pyrrole nitrogens is 1. The van der Waals surface area contributed by atoms with Gasteiger partial charge in [0.1, 0.15) is 0 Å². The summed E-state index contributed by atoms with van der Waals surface area (Å²) in [4.78, 5) is 20.1. The summed E-state index contributed by atoms with van der Waals surface area (Å²) in [6, 6.07) is 1.81. The fourth-order valence-electron chi connectivity index (χ4n) is 2.73. The Morgan fingerprint density at radius 2 is 1.88 bits per heavy atom. The number of nitrogens with one attached hydrogen (secondary N) is 1. The minimum absolute atomic E-state index is 0.112. The predicted octanol–water partition coefficient (Wildman–Crippen LogP) is 1.15. The Labute approximate surface area is 141 Å². The quantitative estimate of drug-likeness (QED) is 0.645. The number of rotatable bonds is 3. The summed E-state index contributed by atoms with van der Waals surface area (Å²) in [7, 11) is -3.63. The van der Waals surface area contributed by atoms with Crippen molar-refractivity contribution in [2.45, 2.75) is 24.7 Å². The zero-order valence-corrected chi connectivity index (χ0v) is 14.0. The molecule has 6 nitrogen and oxygen atoms in total. The molecule has 0 saturated heterocycles. The van der Waals surface area contributed by atoms with Crippen molar-refractivity contribution in [3.63, 3.8) is 0 Å². The van der Waals surface area contributed by atoms with Crippen LogP contribution in [0.25, 0.3) is 0 Å². The number of aromatic amines is 1. The van der Waals surface area contributed by atoms with Crippen LogP contribution in [0.5, 0.6) is 0 Å². The van der Waals surface area contributed by atoms with Crippen molar-refractivity contribution in [3.05, 3.63) is 56.8 Å². The molecule has 0 radical (unpaired) electrons. The molecule has 0 bridgehead atoms. The lowest BCUT2D eigenvalue weighted by Crippen LogP contribution is -2.36. The minimum Gasteiger partial charge on any atom is -0.297 e. The molecule has 2 heterocycles. The first-order valence-electron chi connectivity index (χ1n) is 7.33. The van der Waals surface area contributed by atoms with Gasteiger partial charge >= 0.3 is 0 Å². The predicted molar refractivity (Wildman–Crippen MR) is 82.1 cm³/mol. The van der Waals surface area contributed by atoms with Crippen molar-refractivity contribution in [1.29, 1.82) is 0 Å². The van der Waals surface area contributed by atoms with E-state index < -0.39 is 32.8 Å². The summed E-state index contributed by atoms with van der Waals surface area (Å²) >= 11 is 0. The number of hydrogen-bond acceptors (Lipinski definition) is 5. The molecule has 0 unspecified atom stereocenters. The standard InChI is InChI=1S/C15H14F3N3O3S/c1-25(23,24)15-19-12-2-3-21(7-9(12)14(22)20-15)6-8-4-10(16)13(18)11(17)5-8/h4-5H,2-3,6-7H2,1H3,(H,19,20,22). The Morgan fingerprint density at radius 1 is 1.24 bits per heavy atom. The molecule has 1 aliphatic rings. The molecular weight excluding hydrogens is 359 g/mol. The van der Waals surface area contributed by atoms with Crippen molar-refractivity contribution in [2.24, 2.45) is 0 Å². The maximum absolute atomic E-state index is 13.3. The van der Waals surface area contributed by atoms with Gasteiger partial charge in [0.15, 0.2) is 17.5 Å². The Bertz CT molecular complexity index is 982. The van der Waals surface area contributed by atoms with Gasteiger partial charge in [-0.25, -0.2) is 26.6 Å². The van der Waals surface area contributed by atoms with Gasteiger partial charge < -0.3 is 0 Å². The number of sulfone groups is 1. The molecule has 2 aromatic rings. The second kappa shape index (κ2) is 6.26. The topological polar surface area (TPSA) is 83.1 Å². The van der Waals surface area contributed by atoms with Crippen LogP contribution in [0.15, 0.2) is 22.1 Å². The zero-order valence-electron chi connectivity index (χ0n) is 13.1. The number of hydrogen-bond donors (Lipinski definition) is 1. The minimum atomic E-state index is -3.63. The van der Waals surface area contributed by atoms with Gasteiger partial charge in [0, 0.05) is 32.3 Å². The van der Waals surface area contributed by atoms with Crippen LogP contribution in [0.1, 0.15) is 16.8 Å². The first-order valence-corrected chi connectivity index (χ1v) is 9.22. The molecule has 0 spiro atoms. The Morgan fingerprint density at radius 3 is 2.48 bits per heavy atom. The van der Waals surface area contributed by atoms with Gasteiger partial charge in [0.25, 0.3) is 5.56 Å². The molecule has 0 aliphatic carbocycles. The van der Waals surface area contributed by atoms with Crippen molar-refractivity contribution in [1.82, 2.24) is 14.9 Å². The van der Waals surface area contributed by atoms with Gasteiger partial charge in [-0.2, -0.15) is 0 Å². The Balaban J connectivity index is 1.86. The van der Waals surface area contributed by atoms with E-state index in [0.717, 1.165) is 18.4 Å². The molecule has 1 N–H and O–H groups in total. The summed E-state index contributed by atoms with van der Waals surface area (Å²) in [5.74, 6) is -4.07. The van der Waals surface area contributed by atoms with Crippen LogP contribution in [0.3, 0.4) is 0 Å². The smallest absolute Gasteiger partial charge is 0.256 e. The SMILES string of the molecule is CS(=O)(=O)c1nc2c(c(=O)[nH]1)CN(Cc1cc(F)c(F)c(F)c1)CC2. The van der Waals surface area contributed by atoms with Crippen LogP contribution in [-0.2, 0) is 29.3 Å². The Kier molecular flexibility index (Phi) is 4.41. The summed E-state index contributed by atoms with van der Waals surface area (Å²) < 4.78 is 62.6. The summed E-state index contributed by atoms with van der Waals surface area (Å²) in [5.41, 5.74) is 0.363. The monoisotopic (exact) mass is 373 g/mol. The highest BCUT2D eigenvalue weighted by molar-refractivity contribution is 7.90. The molecule has 0 saturated carbocycles. The summed E-state index contributed by atoms with van der Waals surface area (Å²) in [5, 5.41) is -0.382. The number of nitrogens with zero attached hydrogens (tertiary/aromatic N) is 2. The molecule has 10 heteroatoms. The average molecular weight is 373 g/mol. The first kappa shape index (κ1) is 17.6. The third kappa shape index (κ3) is 3.59. The molecule has 1 aromatic carbocycles. The maximum atomic E-state index is 13.3. The third-order valence-electron chi connectivity index (χ3n) is 3.93. The van der Waals surface area contributed by atoms with Crippen molar-refractivity contribution in [3.8, 4) is 0 Å². The van der Waals surface area contributed by atoms with Gasteiger partial charge in [-0.15, -0.1) is 0 Å². The molecule has 1 aliphatic heterocycles. The number of halogens is 3. The highest BCUT2D eigenvalue weighted by Gasteiger charge is 2.24. The fraction of sp³-hybridized carbons (Fsp3) is 0.333. The van der Waals surface area contributed by atoms with Crippen LogP contribution >= 0.6 is 0 Å². The number of benzene rings is 1. The van der Waals surface area contributed by atoms with Gasteiger partial charge in [0.2, 0.25) is 15.0 Å². The van der Waals surface area contributed by atoms with E-state index in [1.807, 2.05) is 0 Å². The maximum Gasteiger partial charge on any atom is 0.256 e. The van der Waals surface area contributed by atoms with E-state index in [0.29, 0.717) is 24.2 Å². The highest BCUT2D eigenvalue weighted by atomic mass is 32.2. The van der Waals surface area contributed by atoms with Crippen molar-refractivity contribution in [2.75, 3.05) is 12.8 Å². The molecule has 1 aromatic heterocycles. The van der Waals surface area contributed by atoms with E-state index in [9.17, 15) is 26.4 Å². The molecule has 25 heavy (non-hydrogen) atoms. The van der Waals surface area contributed by atoms with E-state index in [1.165, 1.54) is 0 Å². The van der Waals surface area contributed by atoms with E-state index in [-0.39, 0.29) is 23.8 Å². The van der Waals surface area contributed by atoms with Crippen LogP contribution in [0, 0.1) is 17.5 Å². The normalized spacial score (nSPS) is 15.2. The molecule has 0 atom stereocenters. The fourth-order valence-corrected chi connectivity index (χ4v) is 3.28. The van der Waals surface area contributed by atoms with Crippen LogP contribution in [0.4, 0.5) is 13.2 Å². The average Bonchev–Trinajstić information content (AvgIpc) is 2.52. The Hall–Kier alpha value is -2.20. The van der Waals surface area contributed by atoms with E-state index in [2.05, 4.69) is 9.97 Å². The number of aromatic nitrogens is 2. The first-order chi connectivity index (χ1) is 11.6. The molecule has 0 amide bonds. The lowest BCUT2D eigenvalue weighted by molar-refractivity contribution is 0.240. The van der Waals surface area contributed by atoms with Crippen LogP contribution in [-0.4, -0.2) is 36.1 Å². The number of fused-ring (bicyclic) bond motifs is 1. The van der Waals surface area contributed by atoms with Crippen molar-refractivity contribution >= 4 is 9.84 Å². The largest absolute Gasteiger partial charge is 0.297 e. The molecule has 3 rings (SSSR count). The lowest BCUT2D eigenvalue weighted by atomic mass is 10.1. The van der Waals surface area contributed by atoms with Gasteiger partial charge in [-0.1, -0.05) is 0 Å². The van der Waals surface area contributed by atoms with E-state index in [1.54, 1.807) is 4.90 Å². The van der Waals surface area contributed by atoms with Gasteiger partial charge in [-0.3, -0.25) is 14.7 Å². The second-order valence-electron chi connectivity index (χ2n) is 5.90. The molecule has 0 fully saturated rings. The van der Waals surface area contributed by atoms with Crippen molar-refractivity contribution < 1.29 is 21.6 Å². The second-order valence-corrected chi connectivity index (χ2v) is 7.83. The molecular formula is C15H14F3N3O3S. The summed E-state index contributed by atoms with van der Waals surface area (Å²) in [6.07, 6.45) is 1.26. The van der Waals surface area contributed by atoms with Crippen LogP contribution < -0.4 is 5.56 Å². The lowest BCUT2D eigenvalue weighted by Gasteiger charge is -2.27. The third-order valence-corrected chi connectivity index (χ3v) is 4.82. The highest BCUT2D eigenvalue weighted by Crippen LogP contribution is 2.19. The molecule has 134 valence electrons. The van der Waals surface area contributed by atoms with E-state index >= 15 is 0 Å².